The third-order valence-corrected chi connectivity index (χ3v) is 5.52. The number of rotatable bonds is 7. The molecule has 0 aliphatic heterocycles. The Morgan fingerprint density at radius 2 is 1.86 bits per heavy atom. The lowest BCUT2D eigenvalue weighted by Crippen LogP contribution is -2.51. The van der Waals surface area contributed by atoms with E-state index in [2.05, 4.69) is 10.3 Å². The van der Waals surface area contributed by atoms with Gasteiger partial charge in [0.1, 0.15) is 23.9 Å². The first-order valence-corrected chi connectivity index (χ1v) is 11.2. The van der Waals surface area contributed by atoms with Gasteiger partial charge >= 0.3 is 6.09 Å². The molecule has 0 radical (unpaired) electrons. The molecule has 0 fully saturated rings. The van der Waals surface area contributed by atoms with E-state index >= 15 is 0 Å². The molecule has 1 atom stereocenters. The fraction of sp³-hybridized carbons (Fsp3) is 0.400. The molecule has 2 heterocycles. The van der Waals surface area contributed by atoms with Crippen LogP contribution in [0.2, 0.25) is 0 Å². The van der Waals surface area contributed by atoms with E-state index < -0.39 is 35.2 Å². The molecule has 8 nitrogen and oxygen atoms in total. The van der Waals surface area contributed by atoms with Crippen LogP contribution in [-0.2, 0) is 6.61 Å². The van der Waals surface area contributed by atoms with Crippen LogP contribution in [0, 0.1) is 25.5 Å². The Bertz CT molecular complexity index is 1250. The van der Waals surface area contributed by atoms with Crippen molar-refractivity contribution in [3.05, 3.63) is 64.6 Å². The number of ether oxygens (including phenoxy) is 1. The maximum atomic E-state index is 14.0. The van der Waals surface area contributed by atoms with Crippen LogP contribution in [0.25, 0.3) is 5.65 Å². The van der Waals surface area contributed by atoms with Crippen molar-refractivity contribution in [3.63, 3.8) is 0 Å². The minimum Gasteiger partial charge on any atom is -0.485 e. The first-order chi connectivity index (χ1) is 16.3. The van der Waals surface area contributed by atoms with Crippen LogP contribution in [0.3, 0.4) is 0 Å². The summed E-state index contributed by atoms with van der Waals surface area (Å²) in [6.45, 7) is 10.3. The first-order valence-electron chi connectivity index (χ1n) is 11.2. The topological polar surface area (TPSA) is 96.2 Å². The van der Waals surface area contributed by atoms with Gasteiger partial charge in [-0.3, -0.25) is 9.20 Å². The Balaban J connectivity index is 1.87. The predicted molar refractivity (Wildman–Crippen MR) is 127 cm³/mol. The smallest absolute Gasteiger partial charge is 0.407 e. The van der Waals surface area contributed by atoms with Crippen molar-refractivity contribution in [1.82, 2.24) is 19.6 Å². The third kappa shape index (κ3) is 5.70. The van der Waals surface area contributed by atoms with Crippen LogP contribution < -0.4 is 10.1 Å². The van der Waals surface area contributed by atoms with Crippen molar-refractivity contribution in [1.29, 1.82) is 0 Å². The molecule has 0 spiro atoms. The lowest BCUT2D eigenvalue weighted by molar-refractivity contribution is 0.0831. The molecule has 2 N–H and O–H groups in total. The quantitative estimate of drug-likeness (QED) is 0.502. The zero-order valence-electron chi connectivity index (χ0n) is 20.6. The van der Waals surface area contributed by atoms with Gasteiger partial charge in [0.15, 0.2) is 11.4 Å². The molecule has 0 aliphatic rings. The number of hydrogen-bond donors (Lipinski definition) is 2. The molecule has 0 saturated heterocycles. The number of hydrogen-bond acceptors (Lipinski definition) is 4. The number of fused-ring (bicyclic) bond motifs is 1. The minimum absolute atomic E-state index is 0.0992. The average molecular weight is 489 g/mol. The fourth-order valence-corrected chi connectivity index (χ4v) is 3.81. The highest BCUT2D eigenvalue weighted by Crippen LogP contribution is 2.26. The van der Waals surface area contributed by atoms with E-state index in [-0.39, 0.29) is 30.2 Å². The molecule has 10 heteroatoms. The van der Waals surface area contributed by atoms with Crippen LogP contribution in [0.15, 0.2) is 30.5 Å². The molecule has 1 unspecified atom stereocenters. The number of halogens is 2. The summed E-state index contributed by atoms with van der Waals surface area (Å²) in [5.41, 5.74) is 0.910. The summed E-state index contributed by atoms with van der Waals surface area (Å²) in [5.74, 6) is -1.59. The average Bonchev–Trinajstić information content (AvgIpc) is 3.06. The second-order valence-corrected chi connectivity index (χ2v) is 9.55. The summed E-state index contributed by atoms with van der Waals surface area (Å²) in [4.78, 5) is 30.5. The normalized spacial score (nSPS) is 12.5. The Labute approximate surface area is 202 Å². The van der Waals surface area contributed by atoms with Gasteiger partial charge in [0.25, 0.3) is 5.91 Å². The zero-order valence-corrected chi connectivity index (χ0v) is 20.6. The van der Waals surface area contributed by atoms with Crippen LogP contribution in [0.5, 0.6) is 5.75 Å². The Morgan fingerprint density at radius 1 is 1.23 bits per heavy atom. The van der Waals surface area contributed by atoms with Crippen molar-refractivity contribution >= 4 is 17.6 Å². The minimum atomic E-state index is -1.08. The number of amides is 2. The van der Waals surface area contributed by atoms with Crippen LogP contribution in [0.4, 0.5) is 13.6 Å². The van der Waals surface area contributed by atoms with E-state index in [0.29, 0.717) is 11.3 Å². The first kappa shape index (κ1) is 25.9. The number of carbonyl (C=O) groups is 2. The molecule has 0 aliphatic carbocycles. The maximum Gasteiger partial charge on any atom is 0.407 e. The molecule has 2 amide bonds. The molecule has 3 aromatic rings. The van der Waals surface area contributed by atoms with Gasteiger partial charge in [0.2, 0.25) is 0 Å². The summed E-state index contributed by atoms with van der Waals surface area (Å²) < 4.78 is 35.3. The van der Waals surface area contributed by atoms with Crippen molar-refractivity contribution < 1.29 is 28.2 Å². The summed E-state index contributed by atoms with van der Waals surface area (Å²) >= 11 is 0. The summed E-state index contributed by atoms with van der Waals surface area (Å²) in [5, 5.41) is 12.4. The van der Waals surface area contributed by atoms with Gasteiger partial charge in [-0.1, -0.05) is 6.07 Å². The standard InChI is InChI=1S/C25H30F2N4O4/c1-14-10-20(35-13-17-18(26)8-7-9-19(17)27)22-29-16(3)21(30(22)11-14)23(32)28-15(2)12-31(24(33)34)25(4,5)6/h7-11,15H,12-13H2,1-6H3,(H,28,32)(H,33,34). The molecular weight excluding hydrogens is 458 g/mol. The highest BCUT2D eigenvalue weighted by atomic mass is 19.1. The second-order valence-electron chi connectivity index (χ2n) is 9.55. The number of imidazole rings is 1. The summed E-state index contributed by atoms with van der Waals surface area (Å²) in [6, 6.07) is 4.79. The number of carbonyl (C=O) groups excluding carboxylic acids is 1. The van der Waals surface area contributed by atoms with Crippen LogP contribution >= 0.6 is 0 Å². The lowest BCUT2D eigenvalue weighted by atomic mass is 10.1. The van der Waals surface area contributed by atoms with Gasteiger partial charge in [-0.25, -0.2) is 18.6 Å². The van der Waals surface area contributed by atoms with Gasteiger partial charge in [-0.05, 0) is 65.3 Å². The van der Waals surface area contributed by atoms with Crippen LogP contribution in [0.1, 0.15) is 55.0 Å². The number of nitrogens with zero attached hydrogens (tertiary/aromatic N) is 3. The van der Waals surface area contributed by atoms with Gasteiger partial charge in [-0.2, -0.15) is 0 Å². The maximum absolute atomic E-state index is 14.0. The molecule has 0 bridgehead atoms. The largest absolute Gasteiger partial charge is 0.485 e. The predicted octanol–water partition coefficient (Wildman–Crippen LogP) is 4.71. The summed E-state index contributed by atoms with van der Waals surface area (Å²) in [6.07, 6.45) is 0.637. The van der Waals surface area contributed by atoms with Gasteiger partial charge in [0.05, 0.1) is 11.3 Å². The molecule has 3 rings (SSSR count). The van der Waals surface area contributed by atoms with E-state index in [0.717, 1.165) is 17.7 Å². The highest BCUT2D eigenvalue weighted by molar-refractivity contribution is 5.95. The molecule has 188 valence electrons. The Morgan fingerprint density at radius 3 is 2.43 bits per heavy atom. The van der Waals surface area contributed by atoms with Crippen molar-refractivity contribution in [2.24, 2.45) is 0 Å². The molecule has 35 heavy (non-hydrogen) atoms. The number of pyridine rings is 1. The number of nitrogens with one attached hydrogen (secondary N) is 1. The van der Waals surface area contributed by atoms with E-state index in [4.69, 9.17) is 4.74 Å². The number of carboxylic acid groups (broad SMARTS) is 1. The van der Waals surface area contributed by atoms with E-state index in [1.54, 1.807) is 58.2 Å². The summed E-state index contributed by atoms with van der Waals surface area (Å²) in [7, 11) is 0. The SMILES string of the molecule is Cc1cc(OCc2c(F)cccc2F)c2nc(C)c(C(=O)NC(C)CN(C(=O)O)C(C)(C)C)n2c1. The second kappa shape index (κ2) is 9.89. The Kier molecular flexibility index (Phi) is 7.33. The number of aromatic nitrogens is 2. The fourth-order valence-electron chi connectivity index (χ4n) is 3.81. The highest BCUT2D eigenvalue weighted by Gasteiger charge is 2.29. The van der Waals surface area contributed by atoms with Gasteiger partial charge < -0.3 is 20.1 Å². The monoisotopic (exact) mass is 488 g/mol. The number of aryl methyl sites for hydroxylation is 2. The lowest BCUT2D eigenvalue weighted by Gasteiger charge is -2.35. The third-order valence-electron chi connectivity index (χ3n) is 5.52. The molecule has 0 saturated carbocycles. The van der Waals surface area contributed by atoms with Crippen molar-refractivity contribution in [2.45, 2.75) is 59.7 Å². The number of benzene rings is 1. The van der Waals surface area contributed by atoms with E-state index in [1.165, 1.54) is 11.0 Å². The Hall–Kier alpha value is -3.69. The van der Waals surface area contributed by atoms with Crippen molar-refractivity contribution in [3.8, 4) is 5.75 Å². The zero-order chi connectivity index (χ0) is 26.1. The molecular formula is C25H30F2N4O4. The van der Waals surface area contributed by atoms with E-state index in [9.17, 15) is 23.5 Å². The van der Waals surface area contributed by atoms with Gasteiger partial charge in [0, 0.05) is 24.3 Å². The van der Waals surface area contributed by atoms with E-state index in [1.807, 2.05) is 0 Å². The van der Waals surface area contributed by atoms with Crippen molar-refractivity contribution in [2.75, 3.05) is 6.54 Å². The van der Waals surface area contributed by atoms with Gasteiger partial charge in [-0.15, -0.1) is 0 Å². The molecule has 2 aromatic heterocycles. The molecule has 1 aromatic carbocycles. The van der Waals surface area contributed by atoms with Crippen LogP contribution in [-0.4, -0.2) is 49.5 Å².